The van der Waals surface area contributed by atoms with Gasteiger partial charge in [0.2, 0.25) is 0 Å². The fourth-order valence-corrected chi connectivity index (χ4v) is 4.31. The Morgan fingerprint density at radius 1 is 0.529 bits per heavy atom. The van der Waals surface area contributed by atoms with E-state index in [-0.39, 0.29) is 43.2 Å². The summed E-state index contributed by atoms with van der Waals surface area (Å²) in [5.41, 5.74) is -0.446. The third-order valence-corrected chi connectivity index (χ3v) is 5.94. The molecule has 5 rings (SSSR count). The number of rotatable bonds is 2. The Morgan fingerprint density at radius 2 is 0.853 bits per heavy atom. The van der Waals surface area contributed by atoms with Gasteiger partial charge in [-0.2, -0.15) is 0 Å². The van der Waals surface area contributed by atoms with Gasteiger partial charge in [0, 0.05) is 32.3 Å². The van der Waals surface area contributed by atoms with Gasteiger partial charge in [-0.25, -0.2) is 0 Å². The van der Waals surface area contributed by atoms with Crippen molar-refractivity contribution < 1.29 is 10.2 Å². The Balaban J connectivity index is 2.27. The lowest BCUT2D eigenvalue weighted by Crippen LogP contribution is -2.53. The molecule has 0 unspecified atom stereocenters. The van der Waals surface area contributed by atoms with Crippen LogP contribution in [0.5, 0.6) is 0 Å². The quantitative estimate of drug-likeness (QED) is 0.329. The summed E-state index contributed by atoms with van der Waals surface area (Å²) in [6.45, 7) is 0. The summed E-state index contributed by atoms with van der Waals surface area (Å²) < 4.78 is 0. The lowest BCUT2D eigenvalue weighted by atomic mass is 9.98. The van der Waals surface area contributed by atoms with Gasteiger partial charge in [-0.3, -0.25) is 20.4 Å². The lowest BCUT2D eigenvalue weighted by molar-refractivity contribution is 0.503. The zero-order valence-electron chi connectivity index (χ0n) is 17.8. The van der Waals surface area contributed by atoms with E-state index in [9.17, 15) is 19.8 Å². The SMILES string of the molecule is N=c1c(=N)/c(=C(/O)c2ccccc2)c2c(=O)c3ccccc3c(=O)c=2/c1=C(\O)c1ccccc1. The highest BCUT2D eigenvalue weighted by Crippen LogP contribution is 2.09. The standard InChI is InChI=1S/C28H18N2O4/c29-23-21(25(31)15-9-3-1-4-10-15)19-20(28(34)18-14-8-7-13-17(18)27(19)33)22(24(23)30)26(32)16-11-5-2-6-12-16/h1-14,29-32H/b25-21+,26-22+,29-23?,30-24?. The summed E-state index contributed by atoms with van der Waals surface area (Å²) in [4.78, 5) is 27.3. The number of hydrogen-bond acceptors (Lipinski definition) is 6. The van der Waals surface area contributed by atoms with Crippen LogP contribution in [-0.4, -0.2) is 10.2 Å². The number of benzene rings is 3. The maximum Gasteiger partial charge on any atom is 0.195 e. The Labute approximate surface area is 191 Å². The molecule has 4 N–H and O–H groups in total. The summed E-state index contributed by atoms with van der Waals surface area (Å²) in [6, 6.07) is 23.0. The van der Waals surface area contributed by atoms with E-state index in [0.717, 1.165) is 0 Å². The fraction of sp³-hybridized carbons (Fsp3) is 0. The molecule has 164 valence electrons. The molecular weight excluding hydrogens is 428 g/mol. The predicted molar refractivity (Wildman–Crippen MR) is 128 cm³/mol. The zero-order valence-corrected chi connectivity index (χ0v) is 17.8. The molecule has 0 saturated heterocycles. The van der Waals surface area contributed by atoms with Gasteiger partial charge in [0.25, 0.3) is 0 Å². The van der Waals surface area contributed by atoms with E-state index in [0.29, 0.717) is 11.1 Å². The highest BCUT2D eigenvalue weighted by molar-refractivity contribution is 5.82. The molecule has 0 heterocycles. The van der Waals surface area contributed by atoms with E-state index in [2.05, 4.69) is 0 Å². The Bertz CT molecular complexity index is 1850. The normalized spacial score (nSPS) is 13.2. The second-order valence-electron chi connectivity index (χ2n) is 7.88. The number of fused-ring (bicyclic) bond motifs is 1. The van der Waals surface area contributed by atoms with Crippen LogP contribution < -0.4 is 32.0 Å². The van der Waals surface area contributed by atoms with Gasteiger partial charge >= 0.3 is 0 Å². The largest absolute Gasteiger partial charge is 0.507 e. The molecule has 2 aliphatic rings. The monoisotopic (exact) mass is 446 g/mol. The van der Waals surface area contributed by atoms with Crippen LogP contribution >= 0.6 is 0 Å². The molecule has 0 aromatic heterocycles. The van der Waals surface area contributed by atoms with Gasteiger partial charge < -0.3 is 10.2 Å². The van der Waals surface area contributed by atoms with E-state index < -0.39 is 21.6 Å². The van der Waals surface area contributed by atoms with E-state index in [4.69, 9.17) is 10.8 Å². The van der Waals surface area contributed by atoms with Crippen LogP contribution in [0.4, 0.5) is 0 Å². The van der Waals surface area contributed by atoms with Gasteiger partial charge in [0.05, 0.1) is 21.2 Å². The third-order valence-electron chi connectivity index (χ3n) is 5.94. The Hall–Kier alpha value is -4.84. The number of aliphatic hydroxyl groups excluding tert-OH is 2. The molecule has 2 aliphatic carbocycles. The summed E-state index contributed by atoms with van der Waals surface area (Å²) in [5.74, 6) is -0.775. The van der Waals surface area contributed by atoms with Crippen molar-refractivity contribution in [3.63, 3.8) is 0 Å². The summed E-state index contributed by atoms with van der Waals surface area (Å²) in [5, 5.41) is 38.2. The average Bonchev–Trinajstić information content (AvgIpc) is 2.88. The van der Waals surface area contributed by atoms with Crippen LogP contribution in [0.3, 0.4) is 0 Å². The van der Waals surface area contributed by atoms with Crippen LogP contribution in [0.2, 0.25) is 0 Å². The molecule has 0 amide bonds. The summed E-state index contributed by atoms with van der Waals surface area (Å²) in [6.07, 6.45) is 0. The van der Waals surface area contributed by atoms with Crippen LogP contribution in [0.15, 0.2) is 94.5 Å². The van der Waals surface area contributed by atoms with E-state index in [1.807, 2.05) is 0 Å². The highest BCUT2D eigenvalue weighted by atomic mass is 16.3. The molecule has 0 fully saturated rings. The van der Waals surface area contributed by atoms with Gasteiger partial charge in [-0.15, -0.1) is 0 Å². The second kappa shape index (κ2) is 7.94. The first-order valence-corrected chi connectivity index (χ1v) is 10.5. The topological polar surface area (TPSA) is 122 Å². The van der Waals surface area contributed by atoms with Crippen molar-refractivity contribution >= 4 is 22.3 Å². The summed E-state index contributed by atoms with van der Waals surface area (Å²) >= 11 is 0. The maximum absolute atomic E-state index is 13.7. The zero-order chi connectivity index (χ0) is 24.0. The van der Waals surface area contributed by atoms with Gasteiger partial charge in [0.15, 0.2) is 10.9 Å². The Kier molecular flexibility index (Phi) is 4.91. The smallest absolute Gasteiger partial charge is 0.195 e. The predicted octanol–water partition coefficient (Wildman–Crippen LogP) is 1.55. The van der Waals surface area contributed by atoms with Crippen molar-refractivity contribution in [1.29, 1.82) is 10.8 Å². The molecular formula is C28H18N2O4. The van der Waals surface area contributed by atoms with Crippen molar-refractivity contribution in [2.75, 3.05) is 0 Å². The molecule has 0 bridgehead atoms. The van der Waals surface area contributed by atoms with Crippen LogP contribution in [0.25, 0.3) is 22.3 Å². The highest BCUT2D eigenvalue weighted by Gasteiger charge is 2.17. The lowest BCUT2D eigenvalue weighted by Gasteiger charge is -2.06. The average molecular weight is 446 g/mol. The molecule has 0 spiro atoms. The third kappa shape index (κ3) is 3.04. The first-order chi connectivity index (χ1) is 16.4. The van der Waals surface area contributed by atoms with Crippen molar-refractivity contribution in [3.8, 4) is 0 Å². The molecule has 0 saturated carbocycles. The first kappa shape index (κ1) is 21.0. The summed E-state index contributed by atoms with van der Waals surface area (Å²) in [7, 11) is 0. The van der Waals surface area contributed by atoms with E-state index >= 15 is 0 Å². The van der Waals surface area contributed by atoms with Crippen molar-refractivity contribution in [3.05, 3.63) is 148 Å². The van der Waals surface area contributed by atoms with Crippen molar-refractivity contribution in [2.45, 2.75) is 0 Å². The molecule has 6 heteroatoms. The molecule has 3 aromatic rings. The van der Waals surface area contributed by atoms with Gasteiger partial charge in [-0.1, -0.05) is 84.9 Å². The van der Waals surface area contributed by atoms with Crippen molar-refractivity contribution in [2.24, 2.45) is 0 Å². The minimum Gasteiger partial charge on any atom is -0.507 e. The molecule has 0 atom stereocenters. The molecule has 0 aliphatic heterocycles. The minimum atomic E-state index is -0.557. The number of aliphatic hydroxyl groups is 2. The second-order valence-corrected chi connectivity index (χ2v) is 7.88. The number of hydrogen-bond donors (Lipinski definition) is 4. The molecule has 34 heavy (non-hydrogen) atoms. The maximum atomic E-state index is 13.7. The minimum absolute atomic E-state index is 0.143. The number of nitrogens with one attached hydrogen (secondary N) is 2. The molecule has 3 aromatic carbocycles. The molecule has 6 nitrogen and oxygen atoms in total. The molecule has 0 radical (unpaired) electrons. The van der Waals surface area contributed by atoms with Crippen LogP contribution in [-0.2, 0) is 0 Å². The van der Waals surface area contributed by atoms with Gasteiger partial charge in [-0.05, 0) is 0 Å². The fourth-order valence-electron chi connectivity index (χ4n) is 4.31. The van der Waals surface area contributed by atoms with Gasteiger partial charge in [0.1, 0.15) is 11.5 Å². The van der Waals surface area contributed by atoms with E-state index in [1.54, 1.807) is 72.8 Å². The van der Waals surface area contributed by atoms with Crippen LogP contribution in [0.1, 0.15) is 11.1 Å². The Morgan fingerprint density at radius 3 is 1.21 bits per heavy atom. The van der Waals surface area contributed by atoms with E-state index in [1.165, 1.54) is 12.1 Å². The first-order valence-electron chi connectivity index (χ1n) is 10.5. The van der Waals surface area contributed by atoms with Crippen LogP contribution in [0, 0.1) is 21.3 Å². The van der Waals surface area contributed by atoms with Crippen molar-refractivity contribution in [1.82, 2.24) is 0 Å².